The maximum Gasteiger partial charge on any atom is 0.430 e. The molecule has 0 unspecified atom stereocenters. The van der Waals surface area contributed by atoms with Crippen LogP contribution in [-0.2, 0) is 19.2 Å². The van der Waals surface area contributed by atoms with Gasteiger partial charge in [-0.2, -0.15) is 13.2 Å². The third-order valence-electron chi connectivity index (χ3n) is 4.76. The molecule has 1 fully saturated rings. The first-order valence-electron chi connectivity index (χ1n) is 9.25. The predicted octanol–water partition coefficient (Wildman–Crippen LogP) is 2.66. The van der Waals surface area contributed by atoms with Crippen molar-refractivity contribution < 1.29 is 42.2 Å². The van der Waals surface area contributed by atoms with Gasteiger partial charge in [-0.05, 0) is 43.5 Å². The normalized spacial score (nSPS) is 21.2. The van der Waals surface area contributed by atoms with Crippen LogP contribution in [0, 0.1) is 12.1 Å². The Labute approximate surface area is 188 Å². The molecule has 14 heteroatoms. The molecule has 0 aromatic heterocycles. The average molecular weight is 525 g/mol. The molecule has 2 aliphatic heterocycles. The zero-order valence-corrected chi connectivity index (χ0v) is 18.1. The number of nitrogens with one attached hydrogen (secondary N) is 1. The van der Waals surface area contributed by atoms with Crippen LogP contribution < -0.4 is 10.3 Å². The number of carbonyl (C=O) groups is 2. The number of carbonyl (C=O) groups excluding carboxylic acids is 1. The Kier molecular flexibility index (Phi) is 7.42. The van der Waals surface area contributed by atoms with E-state index in [0.717, 1.165) is 11.1 Å². The van der Waals surface area contributed by atoms with Gasteiger partial charge in [0.05, 0.1) is 5.57 Å². The van der Waals surface area contributed by atoms with Crippen LogP contribution in [0.2, 0.25) is 0 Å². The Bertz CT molecular complexity index is 928. The van der Waals surface area contributed by atoms with Crippen LogP contribution in [0.5, 0.6) is 5.75 Å². The van der Waals surface area contributed by atoms with E-state index in [1.165, 1.54) is 6.07 Å². The quantitative estimate of drug-likeness (QED) is 0.238. The smallest absolute Gasteiger partial charge is 0.430 e. The molecule has 1 aromatic rings. The van der Waals surface area contributed by atoms with E-state index in [1.54, 1.807) is 13.0 Å². The van der Waals surface area contributed by atoms with E-state index in [4.69, 9.17) is 9.84 Å². The number of carboxylic acid groups (broad SMARTS) is 1. The summed E-state index contributed by atoms with van der Waals surface area (Å²) < 4.78 is 50.8. The van der Waals surface area contributed by atoms with E-state index in [0.29, 0.717) is 16.5 Å². The minimum absolute atomic E-state index is 0.00872. The van der Waals surface area contributed by atoms with E-state index >= 15 is 0 Å². The first-order valence-corrected chi connectivity index (χ1v) is 10.0. The van der Waals surface area contributed by atoms with Crippen molar-refractivity contribution in [1.29, 1.82) is 0 Å². The minimum Gasteiger partial charge on any atom is -0.756 e. The first kappa shape index (κ1) is 24.4. The zero-order chi connectivity index (χ0) is 23.6. The molecular weight excluding hydrogens is 507 g/mol. The van der Waals surface area contributed by atoms with Crippen molar-refractivity contribution in [2.24, 2.45) is 0 Å². The maximum absolute atomic E-state index is 13.5. The summed E-state index contributed by atoms with van der Waals surface area (Å²) in [4.78, 5) is 28.1. The number of carboxylic acids is 1. The second kappa shape index (κ2) is 9.72. The number of halogens is 4. The van der Waals surface area contributed by atoms with E-state index in [1.807, 2.05) is 5.59 Å². The van der Waals surface area contributed by atoms with Crippen molar-refractivity contribution in [3.05, 3.63) is 38.5 Å². The number of aryl methyl sites for hydroxylation is 1. The Balaban J connectivity index is 1.63. The molecule has 10 nitrogen and oxygen atoms in total. The van der Waals surface area contributed by atoms with Gasteiger partial charge < -0.3 is 19.8 Å². The van der Waals surface area contributed by atoms with Gasteiger partial charge in [-0.25, -0.2) is 19.9 Å². The molecule has 2 atom stereocenters. The number of aliphatic carboxylic acids is 1. The minimum atomic E-state index is -4.89. The molecule has 0 amide bonds. The maximum atomic E-state index is 13.5. The summed E-state index contributed by atoms with van der Waals surface area (Å²) in [5.74, 6) is -2.56. The largest absolute Gasteiger partial charge is 0.756 e. The van der Waals surface area contributed by atoms with Crippen LogP contribution in [0.4, 0.5) is 13.2 Å². The number of ether oxygens (including phenoxy) is 2. The van der Waals surface area contributed by atoms with E-state index in [9.17, 15) is 28.0 Å². The lowest BCUT2D eigenvalue weighted by molar-refractivity contribution is -0.213. The standard InChI is InChI=1S/C18H18BrF3N3O7/c1-9-5-11(19)6-10-7-12(15(18(20,21)22)32-14(9)10)17(28)30-8-31-23-25(29)24-4-2-3-13(24)16(26)27/h5-7,13,15,23H,2-4,8H2,1H3,(H,26,27)/q-1/t13-,15-/m0/s1. The van der Waals surface area contributed by atoms with Crippen LogP contribution in [0.25, 0.3) is 6.08 Å². The molecule has 1 saturated heterocycles. The number of fused-ring (bicyclic) bond motifs is 1. The van der Waals surface area contributed by atoms with Crippen molar-refractivity contribution in [2.45, 2.75) is 38.1 Å². The number of hydrazine groups is 2. The lowest BCUT2D eigenvalue weighted by Crippen LogP contribution is -2.51. The van der Waals surface area contributed by atoms with Gasteiger partial charge in [0.2, 0.25) is 12.9 Å². The molecule has 0 aliphatic carbocycles. The summed E-state index contributed by atoms with van der Waals surface area (Å²) in [6.07, 6.45) is -5.70. The van der Waals surface area contributed by atoms with Gasteiger partial charge in [-0.1, -0.05) is 15.9 Å². The highest BCUT2D eigenvalue weighted by Gasteiger charge is 2.49. The third kappa shape index (κ3) is 5.39. The monoisotopic (exact) mass is 524 g/mol. The number of rotatable bonds is 7. The summed E-state index contributed by atoms with van der Waals surface area (Å²) in [6, 6.07) is 2.02. The SMILES string of the molecule is Cc1cc(Br)cc2c1O[C@H](C(F)(F)F)C(C(=O)OCONN([O-])N1CCC[C@H]1C(=O)O)=C2. The average Bonchev–Trinajstić information content (AvgIpc) is 3.19. The Morgan fingerprint density at radius 2 is 2.16 bits per heavy atom. The van der Waals surface area contributed by atoms with Crippen LogP contribution in [0.3, 0.4) is 0 Å². The summed E-state index contributed by atoms with van der Waals surface area (Å²) in [6.45, 7) is 0.801. The fourth-order valence-corrected chi connectivity index (χ4v) is 3.97. The van der Waals surface area contributed by atoms with Crippen molar-refractivity contribution >= 4 is 33.9 Å². The summed E-state index contributed by atoms with van der Waals surface area (Å²) in [5.41, 5.74) is 1.72. The lowest BCUT2D eigenvalue weighted by atomic mass is 9.99. The molecule has 32 heavy (non-hydrogen) atoms. The molecular formula is C18H18BrF3N3O7-. The third-order valence-corrected chi connectivity index (χ3v) is 5.22. The number of hydrogen-bond acceptors (Lipinski definition) is 9. The van der Waals surface area contributed by atoms with Gasteiger partial charge >= 0.3 is 18.1 Å². The second-order valence-corrected chi connectivity index (χ2v) is 7.91. The van der Waals surface area contributed by atoms with Crippen molar-refractivity contribution in [1.82, 2.24) is 15.9 Å². The molecule has 0 bridgehead atoms. The molecule has 0 spiro atoms. The van der Waals surface area contributed by atoms with Gasteiger partial charge in [0.15, 0.2) is 0 Å². The molecule has 2 aliphatic rings. The van der Waals surface area contributed by atoms with Crippen LogP contribution in [0.1, 0.15) is 24.0 Å². The molecule has 1 aromatic carbocycles. The Hall–Kier alpha value is -2.23. The predicted molar refractivity (Wildman–Crippen MR) is 105 cm³/mol. The van der Waals surface area contributed by atoms with E-state index in [2.05, 4.69) is 25.5 Å². The Morgan fingerprint density at radius 1 is 1.44 bits per heavy atom. The van der Waals surface area contributed by atoms with Crippen molar-refractivity contribution in [3.63, 3.8) is 0 Å². The fraction of sp³-hybridized carbons (Fsp3) is 0.444. The highest BCUT2D eigenvalue weighted by Crippen LogP contribution is 2.40. The van der Waals surface area contributed by atoms with E-state index in [-0.39, 0.29) is 29.6 Å². The number of esters is 1. The van der Waals surface area contributed by atoms with Crippen LogP contribution in [0.15, 0.2) is 22.2 Å². The highest BCUT2D eigenvalue weighted by atomic mass is 79.9. The molecule has 0 radical (unpaired) electrons. The summed E-state index contributed by atoms with van der Waals surface area (Å²) in [5, 5.41) is 21.9. The first-order chi connectivity index (χ1) is 15.0. The number of benzene rings is 1. The van der Waals surface area contributed by atoms with Gasteiger partial charge in [0, 0.05) is 16.6 Å². The summed E-state index contributed by atoms with van der Waals surface area (Å²) in [7, 11) is 0. The lowest BCUT2D eigenvalue weighted by Gasteiger charge is -2.38. The highest BCUT2D eigenvalue weighted by molar-refractivity contribution is 9.10. The van der Waals surface area contributed by atoms with Gasteiger partial charge in [0.1, 0.15) is 11.8 Å². The van der Waals surface area contributed by atoms with Gasteiger partial charge in [0.25, 0.3) is 0 Å². The Morgan fingerprint density at radius 3 is 2.81 bits per heavy atom. The molecule has 2 N–H and O–H groups in total. The van der Waals surface area contributed by atoms with Gasteiger partial charge in [-0.3, -0.25) is 4.79 Å². The van der Waals surface area contributed by atoms with E-state index < -0.39 is 42.6 Å². The number of nitrogens with zero attached hydrogens (tertiary/aromatic N) is 2. The van der Waals surface area contributed by atoms with Crippen molar-refractivity contribution in [3.8, 4) is 5.75 Å². The van der Waals surface area contributed by atoms with Crippen LogP contribution >= 0.6 is 15.9 Å². The number of hydrogen-bond donors (Lipinski definition) is 2. The van der Waals surface area contributed by atoms with Crippen molar-refractivity contribution in [2.75, 3.05) is 13.3 Å². The van der Waals surface area contributed by atoms with Crippen LogP contribution in [-0.4, -0.2) is 59.0 Å². The summed E-state index contributed by atoms with van der Waals surface area (Å²) >= 11 is 3.23. The second-order valence-electron chi connectivity index (χ2n) is 7.00. The molecule has 3 rings (SSSR count). The molecule has 0 saturated carbocycles. The van der Waals surface area contributed by atoms with Gasteiger partial charge in [-0.15, -0.1) is 5.59 Å². The number of alkyl halides is 3. The molecule has 2 heterocycles. The topological polar surface area (TPSA) is 124 Å². The fourth-order valence-electron chi connectivity index (χ4n) is 3.38. The zero-order valence-electron chi connectivity index (χ0n) is 16.5. The molecule has 176 valence electrons.